The summed E-state index contributed by atoms with van der Waals surface area (Å²) >= 11 is 0. The lowest BCUT2D eigenvalue weighted by atomic mass is 9.55. The van der Waals surface area contributed by atoms with Crippen molar-refractivity contribution in [3.63, 3.8) is 0 Å². The average Bonchev–Trinajstić information content (AvgIpc) is 3.07. The number of rotatable bonds is 6. The SMILES string of the molecule is CC12C3=C(N(c4ccccc4)c4ccccc4)C=CC1CCc1c(N(c4ccccc4)c4ccccc4)ccc(c12)C=C3. The highest BCUT2D eigenvalue weighted by molar-refractivity contribution is 5.84. The highest BCUT2D eigenvalue weighted by Crippen LogP contribution is 2.57. The summed E-state index contributed by atoms with van der Waals surface area (Å²) in [5.74, 6) is 0.438. The first-order chi connectivity index (χ1) is 21.2. The lowest BCUT2D eigenvalue weighted by molar-refractivity contribution is 0.355. The molecular formula is C41H34N2. The Morgan fingerprint density at radius 2 is 1.07 bits per heavy atom. The third kappa shape index (κ3) is 4.09. The van der Waals surface area contributed by atoms with Gasteiger partial charge in [-0.05, 0) is 102 Å². The molecule has 3 aliphatic carbocycles. The maximum absolute atomic E-state index is 2.49. The van der Waals surface area contributed by atoms with Gasteiger partial charge in [-0.3, -0.25) is 0 Å². The molecule has 2 heteroatoms. The summed E-state index contributed by atoms with van der Waals surface area (Å²) in [5.41, 5.74) is 12.8. The number of hydrogen-bond acceptors (Lipinski definition) is 2. The molecule has 8 rings (SSSR count). The van der Waals surface area contributed by atoms with Crippen molar-refractivity contribution in [3.05, 3.63) is 180 Å². The summed E-state index contributed by atoms with van der Waals surface area (Å²) < 4.78 is 0. The van der Waals surface area contributed by atoms with Crippen molar-refractivity contribution >= 4 is 34.5 Å². The van der Waals surface area contributed by atoms with Crippen molar-refractivity contribution in [3.8, 4) is 0 Å². The molecule has 0 saturated carbocycles. The summed E-state index contributed by atoms with van der Waals surface area (Å²) in [7, 11) is 0. The van der Waals surface area contributed by atoms with E-state index < -0.39 is 0 Å². The zero-order valence-corrected chi connectivity index (χ0v) is 24.4. The van der Waals surface area contributed by atoms with Gasteiger partial charge in [0.1, 0.15) is 0 Å². The van der Waals surface area contributed by atoms with Crippen molar-refractivity contribution in [1.29, 1.82) is 0 Å². The molecule has 5 aromatic rings. The Morgan fingerprint density at radius 1 is 0.558 bits per heavy atom. The third-order valence-electron chi connectivity index (χ3n) is 9.58. The molecule has 0 bridgehead atoms. The third-order valence-corrected chi connectivity index (χ3v) is 9.58. The number of allylic oxidation sites excluding steroid dienone is 4. The van der Waals surface area contributed by atoms with Crippen LogP contribution in [0.4, 0.5) is 28.4 Å². The Kier molecular flexibility index (Phi) is 6.15. The molecule has 2 unspecified atom stereocenters. The van der Waals surface area contributed by atoms with Crippen LogP contribution in [-0.4, -0.2) is 0 Å². The molecule has 5 aromatic carbocycles. The minimum atomic E-state index is -0.140. The molecule has 2 nitrogen and oxygen atoms in total. The molecule has 2 atom stereocenters. The van der Waals surface area contributed by atoms with E-state index in [0.29, 0.717) is 5.92 Å². The van der Waals surface area contributed by atoms with E-state index in [-0.39, 0.29) is 5.41 Å². The molecule has 0 spiro atoms. The predicted molar refractivity (Wildman–Crippen MR) is 181 cm³/mol. The monoisotopic (exact) mass is 554 g/mol. The second kappa shape index (κ2) is 10.3. The van der Waals surface area contributed by atoms with Gasteiger partial charge in [-0.1, -0.05) is 104 Å². The number of nitrogens with zero attached hydrogens (tertiary/aromatic N) is 2. The van der Waals surface area contributed by atoms with E-state index in [4.69, 9.17) is 0 Å². The number of hydrogen-bond donors (Lipinski definition) is 0. The Morgan fingerprint density at radius 3 is 1.60 bits per heavy atom. The van der Waals surface area contributed by atoms with E-state index in [1.54, 1.807) is 0 Å². The van der Waals surface area contributed by atoms with E-state index in [1.165, 1.54) is 56.4 Å². The highest BCUT2D eigenvalue weighted by Gasteiger charge is 2.48. The minimum absolute atomic E-state index is 0.140. The van der Waals surface area contributed by atoms with E-state index in [1.807, 2.05) is 0 Å². The van der Waals surface area contributed by atoms with Crippen LogP contribution in [0.1, 0.15) is 30.0 Å². The average molecular weight is 555 g/mol. The number of para-hydroxylation sites is 4. The van der Waals surface area contributed by atoms with Crippen LogP contribution in [0.2, 0.25) is 0 Å². The summed E-state index contributed by atoms with van der Waals surface area (Å²) in [5, 5.41) is 0. The summed E-state index contributed by atoms with van der Waals surface area (Å²) in [6, 6.07) is 47.9. The Balaban J connectivity index is 1.35. The fraction of sp³-hybridized carbons (Fsp3) is 0.122. The highest BCUT2D eigenvalue weighted by atomic mass is 15.2. The fourth-order valence-corrected chi connectivity index (χ4v) is 7.62. The van der Waals surface area contributed by atoms with E-state index in [0.717, 1.165) is 12.8 Å². The van der Waals surface area contributed by atoms with Crippen LogP contribution in [0.15, 0.2) is 163 Å². The van der Waals surface area contributed by atoms with Crippen LogP contribution >= 0.6 is 0 Å². The molecule has 208 valence electrons. The summed E-state index contributed by atoms with van der Waals surface area (Å²) in [4.78, 5) is 4.88. The quantitative estimate of drug-likeness (QED) is 0.206. The standard InChI is InChI=1S/C41H34N2/c1-41-31-24-26-36-38(42(32-14-6-2-7-15-32)33-16-8-3-9-17-33)28-23-30(40(36)41)22-27-37(41)39(29-25-31)43(34-18-10-4-11-19-34)35-20-12-5-13-21-35/h2-23,25,27-29,31H,24,26H2,1H3. The topological polar surface area (TPSA) is 6.48 Å². The predicted octanol–water partition coefficient (Wildman–Crippen LogP) is 10.7. The summed E-state index contributed by atoms with van der Waals surface area (Å²) in [6.45, 7) is 2.49. The van der Waals surface area contributed by atoms with Crippen LogP contribution in [0.3, 0.4) is 0 Å². The van der Waals surface area contributed by atoms with Crippen LogP contribution < -0.4 is 9.80 Å². The Labute approximate surface area is 254 Å². The lowest BCUT2D eigenvalue weighted by Gasteiger charge is -2.50. The van der Waals surface area contributed by atoms with Crippen LogP contribution in [0.25, 0.3) is 6.08 Å². The molecule has 0 aromatic heterocycles. The van der Waals surface area contributed by atoms with Crippen LogP contribution in [0, 0.1) is 5.92 Å². The van der Waals surface area contributed by atoms with Gasteiger partial charge in [-0.15, -0.1) is 0 Å². The van der Waals surface area contributed by atoms with Gasteiger partial charge in [-0.2, -0.15) is 0 Å². The zero-order valence-electron chi connectivity index (χ0n) is 24.4. The Bertz CT molecular complexity index is 1790. The first-order valence-corrected chi connectivity index (χ1v) is 15.3. The van der Waals surface area contributed by atoms with Crippen LogP contribution in [0.5, 0.6) is 0 Å². The molecule has 0 aliphatic heterocycles. The molecule has 0 saturated heterocycles. The van der Waals surface area contributed by atoms with Crippen molar-refractivity contribution in [2.24, 2.45) is 5.92 Å². The largest absolute Gasteiger partial charge is 0.310 e. The van der Waals surface area contributed by atoms with E-state index >= 15 is 0 Å². The molecular weight excluding hydrogens is 520 g/mol. The number of anilines is 5. The first kappa shape index (κ1) is 25.6. The summed E-state index contributed by atoms with van der Waals surface area (Å²) in [6.07, 6.45) is 11.8. The fourth-order valence-electron chi connectivity index (χ4n) is 7.62. The molecule has 0 fully saturated rings. The molecule has 0 radical (unpaired) electrons. The Hall–Kier alpha value is -5.08. The van der Waals surface area contributed by atoms with Gasteiger partial charge in [-0.25, -0.2) is 0 Å². The van der Waals surface area contributed by atoms with Crippen molar-refractivity contribution in [1.82, 2.24) is 0 Å². The van der Waals surface area contributed by atoms with Gasteiger partial charge < -0.3 is 9.80 Å². The van der Waals surface area contributed by atoms with Gasteiger partial charge in [0.25, 0.3) is 0 Å². The van der Waals surface area contributed by atoms with Crippen LogP contribution in [-0.2, 0) is 11.8 Å². The second-order valence-electron chi connectivity index (χ2n) is 11.9. The van der Waals surface area contributed by atoms with E-state index in [2.05, 4.69) is 174 Å². The first-order valence-electron chi connectivity index (χ1n) is 15.3. The number of benzene rings is 5. The zero-order chi connectivity index (χ0) is 28.8. The van der Waals surface area contributed by atoms with Crippen molar-refractivity contribution < 1.29 is 0 Å². The van der Waals surface area contributed by atoms with Gasteiger partial charge in [0.2, 0.25) is 0 Å². The van der Waals surface area contributed by atoms with Crippen molar-refractivity contribution in [2.75, 3.05) is 9.80 Å². The lowest BCUT2D eigenvalue weighted by Crippen LogP contribution is -2.43. The van der Waals surface area contributed by atoms with E-state index in [9.17, 15) is 0 Å². The van der Waals surface area contributed by atoms with Crippen molar-refractivity contribution in [2.45, 2.75) is 25.2 Å². The van der Waals surface area contributed by atoms with Gasteiger partial charge in [0, 0.05) is 39.5 Å². The minimum Gasteiger partial charge on any atom is -0.310 e. The van der Waals surface area contributed by atoms with Gasteiger partial charge >= 0.3 is 0 Å². The molecule has 0 N–H and O–H groups in total. The molecule has 3 aliphatic rings. The van der Waals surface area contributed by atoms with Gasteiger partial charge in [0.05, 0.1) is 0 Å². The smallest absolute Gasteiger partial charge is 0.0499 e. The molecule has 43 heavy (non-hydrogen) atoms. The van der Waals surface area contributed by atoms with Gasteiger partial charge in [0.15, 0.2) is 0 Å². The molecule has 0 heterocycles. The second-order valence-corrected chi connectivity index (χ2v) is 11.9. The maximum Gasteiger partial charge on any atom is 0.0499 e. The maximum atomic E-state index is 2.49. The molecule has 0 amide bonds. The normalized spacial score (nSPS) is 19.6.